The van der Waals surface area contributed by atoms with Gasteiger partial charge in [-0.3, -0.25) is 10.1 Å². The number of hydrogen-bond acceptors (Lipinski definition) is 5. The molecule has 26 heavy (non-hydrogen) atoms. The van der Waals surface area contributed by atoms with E-state index in [-0.39, 0.29) is 35.3 Å². The molecule has 0 aliphatic heterocycles. The van der Waals surface area contributed by atoms with E-state index >= 15 is 0 Å². The van der Waals surface area contributed by atoms with Crippen LogP contribution in [0.4, 0.5) is 24.5 Å². The van der Waals surface area contributed by atoms with Crippen molar-refractivity contribution in [2.75, 3.05) is 17.7 Å². The summed E-state index contributed by atoms with van der Waals surface area (Å²) in [7, 11) is 0. The topological polar surface area (TPSA) is 84.6 Å². The Kier molecular flexibility index (Phi) is 6.27. The van der Waals surface area contributed by atoms with Crippen LogP contribution in [0.2, 0.25) is 0 Å². The molecular formula is C16H14ClF3N2O4. The van der Waals surface area contributed by atoms with Crippen LogP contribution in [0.25, 0.3) is 0 Å². The fourth-order valence-electron chi connectivity index (χ4n) is 2.01. The number of nitro groups is 1. The van der Waals surface area contributed by atoms with Crippen LogP contribution < -0.4 is 10.1 Å². The highest BCUT2D eigenvalue weighted by molar-refractivity contribution is 6.18. The summed E-state index contributed by atoms with van der Waals surface area (Å²) in [6, 6.07) is 7.82. The number of aliphatic hydroxyl groups is 1. The molecular weight excluding hydrogens is 377 g/mol. The number of hydrogen-bond donors (Lipinski definition) is 2. The molecule has 0 aliphatic rings. The maximum absolute atomic E-state index is 12.8. The van der Waals surface area contributed by atoms with Crippen LogP contribution >= 0.6 is 11.6 Å². The number of rotatable bonds is 7. The van der Waals surface area contributed by atoms with E-state index in [0.29, 0.717) is 0 Å². The minimum atomic E-state index is -4.54. The molecule has 0 bridgehead atoms. The summed E-state index contributed by atoms with van der Waals surface area (Å²) in [5.74, 6) is -0.177. The van der Waals surface area contributed by atoms with Crippen molar-refractivity contribution in [1.29, 1.82) is 0 Å². The van der Waals surface area contributed by atoms with Crippen molar-refractivity contribution in [1.82, 2.24) is 0 Å². The van der Waals surface area contributed by atoms with E-state index in [1.165, 1.54) is 24.3 Å². The number of non-ortho nitro benzene ring substituents is 1. The van der Waals surface area contributed by atoms with E-state index in [4.69, 9.17) is 16.3 Å². The van der Waals surface area contributed by atoms with Gasteiger partial charge in [0.1, 0.15) is 11.5 Å². The van der Waals surface area contributed by atoms with E-state index in [1.807, 2.05) is 0 Å². The van der Waals surface area contributed by atoms with Crippen molar-refractivity contribution in [2.24, 2.45) is 0 Å². The Hall–Kier alpha value is -2.52. The van der Waals surface area contributed by atoms with Crippen LogP contribution in [0.15, 0.2) is 42.5 Å². The summed E-state index contributed by atoms with van der Waals surface area (Å²) < 4.78 is 43.6. The van der Waals surface area contributed by atoms with Crippen LogP contribution in [0.1, 0.15) is 5.56 Å². The third-order valence-corrected chi connectivity index (χ3v) is 3.58. The van der Waals surface area contributed by atoms with Gasteiger partial charge in [-0.15, -0.1) is 11.6 Å². The number of nitro benzene ring substituents is 1. The molecule has 0 aromatic heterocycles. The first kappa shape index (κ1) is 19.8. The Balaban J connectivity index is 2.28. The van der Waals surface area contributed by atoms with Gasteiger partial charge in [-0.25, -0.2) is 0 Å². The van der Waals surface area contributed by atoms with Gasteiger partial charge >= 0.3 is 6.18 Å². The van der Waals surface area contributed by atoms with Crippen molar-refractivity contribution in [3.8, 4) is 11.5 Å². The lowest BCUT2D eigenvalue weighted by Crippen LogP contribution is -2.20. The van der Waals surface area contributed by atoms with Crippen LogP contribution in [-0.4, -0.2) is 28.6 Å². The number of anilines is 1. The normalized spacial score (nSPS) is 12.5. The van der Waals surface area contributed by atoms with Gasteiger partial charge in [-0.2, -0.15) is 13.2 Å². The largest absolute Gasteiger partial charge is 0.457 e. The number of halogens is 4. The first-order valence-electron chi connectivity index (χ1n) is 7.31. The van der Waals surface area contributed by atoms with Crippen molar-refractivity contribution in [3.05, 3.63) is 58.1 Å². The Morgan fingerprint density at radius 1 is 1.23 bits per heavy atom. The Morgan fingerprint density at radius 3 is 2.58 bits per heavy atom. The number of nitrogens with one attached hydrogen (secondary N) is 1. The second-order valence-electron chi connectivity index (χ2n) is 5.29. The average Bonchev–Trinajstić information content (AvgIpc) is 2.59. The predicted octanol–water partition coefficient (Wildman–Crippen LogP) is 4.42. The third kappa shape index (κ3) is 5.50. The lowest BCUT2D eigenvalue weighted by molar-refractivity contribution is -0.384. The fraction of sp³-hybridized carbons (Fsp3) is 0.250. The monoisotopic (exact) mass is 390 g/mol. The first-order valence-corrected chi connectivity index (χ1v) is 7.85. The summed E-state index contributed by atoms with van der Waals surface area (Å²) in [5.41, 5.74) is -0.966. The lowest BCUT2D eigenvalue weighted by Gasteiger charge is -2.13. The molecule has 2 aromatic carbocycles. The van der Waals surface area contributed by atoms with E-state index in [0.717, 1.165) is 18.2 Å². The molecule has 0 radical (unpaired) electrons. The molecule has 0 heterocycles. The zero-order valence-electron chi connectivity index (χ0n) is 13.2. The number of aliphatic hydroxyl groups excluding tert-OH is 1. The Bertz CT molecular complexity index is 786. The molecule has 2 rings (SSSR count). The summed E-state index contributed by atoms with van der Waals surface area (Å²) in [6.45, 7) is 0.0354. The molecule has 10 heteroatoms. The molecule has 6 nitrogen and oxygen atoms in total. The van der Waals surface area contributed by atoms with Crippen molar-refractivity contribution < 1.29 is 27.9 Å². The van der Waals surface area contributed by atoms with Crippen LogP contribution in [-0.2, 0) is 6.18 Å². The van der Waals surface area contributed by atoms with Crippen LogP contribution in [0.5, 0.6) is 11.5 Å². The molecule has 0 saturated heterocycles. The smallest absolute Gasteiger partial charge is 0.416 e. The molecule has 1 unspecified atom stereocenters. The second-order valence-corrected chi connectivity index (χ2v) is 5.60. The number of benzene rings is 2. The quantitative estimate of drug-likeness (QED) is 0.415. The minimum absolute atomic E-state index is 0.0265. The summed E-state index contributed by atoms with van der Waals surface area (Å²) >= 11 is 5.48. The predicted molar refractivity (Wildman–Crippen MR) is 89.8 cm³/mol. The molecule has 2 aromatic rings. The van der Waals surface area contributed by atoms with Gasteiger partial charge in [-0.05, 0) is 18.2 Å². The molecule has 0 spiro atoms. The maximum atomic E-state index is 12.8. The van der Waals surface area contributed by atoms with E-state index in [2.05, 4.69) is 5.32 Å². The molecule has 0 amide bonds. The zero-order valence-corrected chi connectivity index (χ0v) is 13.9. The van der Waals surface area contributed by atoms with Gasteiger partial charge in [0, 0.05) is 24.4 Å². The minimum Gasteiger partial charge on any atom is -0.457 e. The Labute approximate surface area is 151 Å². The maximum Gasteiger partial charge on any atom is 0.416 e. The molecule has 0 saturated carbocycles. The number of ether oxygens (including phenoxy) is 1. The molecule has 2 N–H and O–H groups in total. The van der Waals surface area contributed by atoms with Gasteiger partial charge in [-0.1, -0.05) is 6.07 Å². The van der Waals surface area contributed by atoms with E-state index < -0.39 is 22.8 Å². The summed E-state index contributed by atoms with van der Waals surface area (Å²) in [5, 5.41) is 23.2. The van der Waals surface area contributed by atoms with Crippen molar-refractivity contribution in [3.63, 3.8) is 0 Å². The number of nitrogens with zero attached hydrogens (tertiary/aromatic N) is 1. The standard InChI is InChI=1S/C16H14ClF3N2O4/c17-8-13(23)9-21-11-5-12(22(24)25)7-15(6-11)26-14-3-1-2-10(4-14)16(18,19)20/h1-7,13,21,23H,8-9H2. The molecule has 140 valence electrons. The van der Waals surface area contributed by atoms with Gasteiger partial charge < -0.3 is 15.2 Å². The molecule has 1 atom stereocenters. The summed E-state index contributed by atoms with van der Waals surface area (Å²) in [6.07, 6.45) is -5.41. The van der Waals surface area contributed by atoms with E-state index in [9.17, 15) is 28.4 Å². The highest BCUT2D eigenvalue weighted by atomic mass is 35.5. The molecule has 0 aliphatic carbocycles. The fourth-order valence-corrected chi connectivity index (χ4v) is 2.12. The van der Waals surface area contributed by atoms with Crippen LogP contribution in [0.3, 0.4) is 0 Å². The van der Waals surface area contributed by atoms with Crippen LogP contribution in [0, 0.1) is 10.1 Å². The van der Waals surface area contributed by atoms with Gasteiger partial charge in [0.15, 0.2) is 0 Å². The lowest BCUT2D eigenvalue weighted by atomic mass is 10.2. The van der Waals surface area contributed by atoms with Gasteiger partial charge in [0.05, 0.1) is 28.5 Å². The zero-order chi connectivity index (χ0) is 19.3. The highest BCUT2D eigenvalue weighted by Gasteiger charge is 2.30. The first-order chi connectivity index (χ1) is 12.2. The average molecular weight is 391 g/mol. The van der Waals surface area contributed by atoms with Crippen molar-refractivity contribution >= 4 is 23.0 Å². The summed E-state index contributed by atoms with van der Waals surface area (Å²) in [4.78, 5) is 10.4. The Morgan fingerprint density at radius 2 is 1.96 bits per heavy atom. The molecule has 0 fully saturated rings. The highest BCUT2D eigenvalue weighted by Crippen LogP contribution is 2.34. The second kappa shape index (κ2) is 8.24. The van der Waals surface area contributed by atoms with Gasteiger partial charge in [0.2, 0.25) is 0 Å². The van der Waals surface area contributed by atoms with Gasteiger partial charge in [0.25, 0.3) is 5.69 Å². The number of alkyl halides is 4. The van der Waals surface area contributed by atoms with Crippen molar-refractivity contribution in [2.45, 2.75) is 12.3 Å². The van der Waals surface area contributed by atoms with E-state index in [1.54, 1.807) is 0 Å². The third-order valence-electron chi connectivity index (χ3n) is 3.22. The SMILES string of the molecule is O=[N+]([O-])c1cc(NCC(O)CCl)cc(Oc2cccc(C(F)(F)F)c2)c1.